The number of nitrogens with one attached hydrogen (secondary N) is 1. The third-order valence-electron chi connectivity index (χ3n) is 3.07. The average molecular weight is 408 g/mol. The summed E-state index contributed by atoms with van der Waals surface area (Å²) < 4.78 is 45.4. The van der Waals surface area contributed by atoms with Crippen molar-refractivity contribution in [3.05, 3.63) is 52.5 Å². The maximum Gasteiger partial charge on any atom is 0.573 e. The fourth-order valence-corrected chi connectivity index (χ4v) is 2.43. The number of hydrogen-bond acceptors (Lipinski definition) is 3. The topological polar surface area (TPSA) is 47.6 Å². The van der Waals surface area contributed by atoms with Crippen molar-refractivity contribution >= 4 is 34.8 Å². The molecule has 140 valence electrons. The molecule has 0 spiro atoms. The highest BCUT2D eigenvalue weighted by Gasteiger charge is 2.30. The molecule has 0 saturated heterocycles. The second-order valence-corrected chi connectivity index (χ2v) is 5.99. The Labute approximate surface area is 157 Å². The van der Waals surface area contributed by atoms with Crippen LogP contribution >= 0.6 is 23.2 Å². The number of anilines is 1. The fraction of sp³-hybridized carbons (Fsp3) is 0.235. The van der Waals surface area contributed by atoms with E-state index in [1.165, 1.54) is 12.1 Å². The Morgan fingerprint density at radius 1 is 1.08 bits per heavy atom. The van der Waals surface area contributed by atoms with E-state index in [1.807, 2.05) is 0 Å². The predicted molar refractivity (Wildman–Crippen MR) is 92.9 cm³/mol. The second kappa shape index (κ2) is 9.00. The van der Waals surface area contributed by atoms with Gasteiger partial charge in [-0.1, -0.05) is 23.2 Å². The summed E-state index contributed by atoms with van der Waals surface area (Å²) in [7, 11) is 0. The number of benzene rings is 2. The molecule has 0 saturated carbocycles. The van der Waals surface area contributed by atoms with Crippen molar-refractivity contribution in [3.8, 4) is 11.5 Å². The number of carbonyl (C=O) groups excluding carboxylic acids is 1. The fourth-order valence-electron chi connectivity index (χ4n) is 1.97. The lowest BCUT2D eigenvalue weighted by Crippen LogP contribution is -2.17. The summed E-state index contributed by atoms with van der Waals surface area (Å²) in [5.41, 5.74) is 0.367. The van der Waals surface area contributed by atoms with Crippen LogP contribution in [0.3, 0.4) is 0 Å². The van der Waals surface area contributed by atoms with Crippen LogP contribution in [0, 0.1) is 0 Å². The van der Waals surface area contributed by atoms with Gasteiger partial charge >= 0.3 is 6.36 Å². The molecule has 9 heteroatoms. The van der Waals surface area contributed by atoms with E-state index in [1.54, 1.807) is 18.2 Å². The van der Waals surface area contributed by atoms with Crippen molar-refractivity contribution in [3.63, 3.8) is 0 Å². The van der Waals surface area contributed by atoms with Gasteiger partial charge in [0.25, 0.3) is 0 Å². The first-order chi connectivity index (χ1) is 12.2. The second-order valence-electron chi connectivity index (χ2n) is 5.15. The van der Waals surface area contributed by atoms with Crippen molar-refractivity contribution < 1.29 is 27.4 Å². The van der Waals surface area contributed by atoms with Crippen molar-refractivity contribution in [2.24, 2.45) is 0 Å². The summed E-state index contributed by atoms with van der Waals surface area (Å²) in [6.45, 7) is 0.271. The number of ether oxygens (including phenoxy) is 2. The summed E-state index contributed by atoms with van der Waals surface area (Å²) >= 11 is 11.7. The van der Waals surface area contributed by atoms with Gasteiger partial charge in [-0.2, -0.15) is 0 Å². The van der Waals surface area contributed by atoms with Gasteiger partial charge in [0.2, 0.25) is 5.91 Å². The summed E-state index contributed by atoms with van der Waals surface area (Å²) in [4.78, 5) is 11.8. The first kappa shape index (κ1) is 20.2. The van der Waals surface area contributed by atoms with Gasteiger partial charge in [-0.15, -0.1) is 13.2 Å². The van der Waals surface area contributed by atoms with Crippen LogP contribution in [0.1, 0.15) is 12.8 Å². The highest BCUT2D eigenvalue weighted by Crippen LogP contribution is 2.27. The SMILES string of the molecule is O=C(CCCOc1ccc(Cl)cc1Cl)Nc1ccc(OC(F)(F)F)cc1. The number of amides is 1. The highest BCUT2D eigenvalue weighted by molar-refractivity contribution is 6.35. The monoisotopic (exact) mass is 407 g/mol. The zero-order valence-electron chi connectivity index (χ0n) is 13.3. The Kier molecular flexibility index (Phi) is 6.99. The standard InChI is InChI=1S/C17H14Cl2F3NO3/c18-11-3-8-15(14(19)10-11)25-9-1-2-16(24)23-12-4-6-13(7-5-12)26-17(20,21)22/h3-8,10H,1-2,9H2,(H,23,24). The number of halogens is 5. The number of carbonyl (C=O) groups is 1. The number of rotatable bonds is 7. The Balaban J connectivity index is 1.73. The van der Waals surface area contributed by atoms with Crippen molar-refractivity contribution in [2.75, 3.05) is 11.9 Å². The van der Waals surface area contributed by atoms with E-state index in [0.717, 1.165) is 12.1 Å². The molecule has 0 atom stereocenters. The minimum absolute atomic E-state index is 0.173. The predicted octanol–water partition coefficient (Wildman–Crippen LogP) is 5.69. The molecule has 0 bridgehead atoms. The van der Waals surface area contributed by atoms with Crippen LogP contribution in [0.2, 0.25) is 10.0 Å². The van der Waals surface area contributed by atoms with Crippen LogP contribution in [0.25, 0.3) is 0 Å². The molecule has 0 aliphatic rings. The van der Waals surface area contributed by atoms with E-state index in [2.05, 4.69) is 10.1 Å². The molecule has 2 aromatic rings. The van der Waals surface area contributed by atoms with Gasteiger partial charge in [-0.3, -0.25) is 4.79 Å². The van der Waals surface area contributed by atoms with E-state index in [4.69, 9.17) is 27.9 Å². The molecule has 0 aliphatic carbocycles. The molecule has 0 radical (unpaired) electrons. The van der Waals surface area contributed by atoms with Crippen molar-refractivity contribution in [1.82, 2.24) is 0 Å². The quantitative estimate of drug-likeness (QED) is 0.599. The summed E-state index contributed by atoms with van der Waals surface area (Å²) in [5, 5.41) is 3.45. The Hall–Kier alpha value is -2.12. The first-order valence-electron chi connectivity index (χ1n) is 7.46. The van der Waals surface area contributed by atoms with Crippen LogP contribution in [-0.2, 0) is 4.79 Å². The Bertz CT molecular complexity index is 752. The lowest BCUT2D eigenvalue weighted by Gasteiger charge is -2.10. The molecule has 4 nitrogen and oxygen atoms in total. The maximum atomic E-state index is 12.1. The molecular weight excluding hydrogens is 394 g/mol. The maximum absolute atomic E-state index is 12.1. The molecule has 0 fully saturated rings. The lowest BCUT2D eigenvalue weighted by atomic mass is 10.2. The molecule has 2 rings (SSSR count). The Morgan fingerprint density at radius 2 is 1.77 bits per heavy atom. The lowest BCUT2D eigenvalue weighted by molar-refractivity contribution is -0.274. The molecule has 0 aromatic heterocycles. The van der Waals surface area contributed by atoms with Crippen LogP contribution < -0.4 is 14.8 Å². The van der Waals surface area contributed by atoms with Crippen molar-refractivity contribution in [2.45, 2.75) is 19.2 Å². The molecule has 0 heterocycles. The van der Waals surface area contributed by atoms with Crippen LogP contribution in [-0.4, -0.2) is 18.9 Å². The molecular formula is C17H14Cl2F3NO3. The van der Waals surface area contributed by atoms with E-state index in [-0.39, 0.29) is 24.7 Å². The molecule has 1 N–H and O–H groups in total. The summed E-state index contributed by atoms with van der Waals surface area (Å²) in [5.74, 6) is -0.180. The highest BCUT2D eigenvalue weighted by atomic mass is 35.5. The normalized spacial score (nSPS) is 11.1. The zero-order valence-corrected chi connectivity index (χ0v) is 14.8. The molecule has 1 amide bonds. The number of hydrogen-bond donors (Lipinski definition) is 1. The van der Waals surface area contributed by atoms with E-state index in [0.29, 0.717) is 27.9 Å². The van der Waals surface area contributed by atoms with Gasteiger partial charge in [-0.25, -0.2) is 0 Å². The van der Waals surface area contributed by atoms with Gasteiger partial charge < -0.3 is 14.8 Å². The first-order valence-corrected chi connectivity index (χ1v) is 8.22. The summed E-state index contributed by atoms with van der Waals surface area (Å²) in [6.07, 6.45) is -4.15. The minimum Gasteiger partial charge on any atom is -0.492 e. The van der Waals surface area contributed by atoms with E-state index in [9.17, 15) is 18.0 Å². The average Bonchev–Trinajstić information content (AvgIpc) is 2.54. The van der Waals surface area contributed by atoms with Crippen LogP contribution in [0.15, 0.2) is 42.5 Å². The van der Waals surface area contributed by atoms with Gasteiger partial charge in [0.05, 0.1) is 11.6 Å². The van der Waals surface area contributed by atoms with E-state index < -0.39 is 6.36 Å². The molecule has 2 aromatic carbocycles. The smallest absolute Gasteiger partial charge is 0.492 e. The zero-order chi connectivity index (χ0) is 19.2. The van der Waals surface area contributed by atoms with Gasteiger partial charge in [0, 0.05) is 17.1 Å². The van der Waals surface area contributed by atoms with Gasteiger partial charge in [0.15, 0.2) is 0 Å². The molecule has 0 unspecified atom stereocenters. The molecule has 26 heavy (non-hydrogen) atoms. The largest absolute Gasteiger partial charge is 0.573 e. The summed E-state index contributed by atoms with van der Waals surface area (Å²) in [6, 6.07) is 9.71. The third-order valence-corrected chi connectivity index (χ3v) is 3.60. The van der Waals surface area contributed by atoms with Crippen LogP contribution in [0.5, 0.6) is 11.5 Å². The number of alkyl halides is 3. The molecule has 0 aliphatic heterocycles. The van der Waals surface area contributed by atoms with E-state index >= 15 is 0 Å². The van der Waals surface area contributed by atoms with Crippen molar-refractivity contribution in [1.29, 1.82) is 0 Å². The Morgan fingerprint density at radius 3 is 2.38 bits per heavy atom. The third kappa shape index (κ3) is 7.01. The minimum atomic E-state index is -4.75. The van der Waals surface area contributed by atoms with Crippen LogP contribution in [0.4, 0.5) is 18.9 Å². The van der Waals surface area contributed by atoms with Gasteiger partial charge in [-0.05, 0) is 48.9 Å². The van der Waals surface area contributed by atoms with Gasteiger partial charge in [0.1, 0.15) is 11.5 Å².